The van der Waals surface area contributed by atoms with Gasteiger partial charge in [-0.05, 0) is 73.7 Å². The number of hydrogen-bond donors (Lipinski definition) is 7. The van der Waals surface area contributed by atoms with Crippen LogP contribution in [0.1, 0.15) is 67.2 Å². The molecule has 2 aliphatic rings. The fourth-order valence-electron chi connectivity index (χ4n) is 6.59. The maximum Gasteiger partial charge on any atom is 0.336 e. The molecule has 1 heterocycles. The summed E-state index contributed by atoms with van der Waals surface area (Å²) in [6, 6.07) is 5.11. The van der Waals surface area contributed by atoms with Gasteiger partial charge in [-0.25, -0.2) is 9.18 Å². The highest BCUT2D eigenvalue weighted by atomic mass is 19.1. The predicted octanol–water partition coefficient (Wildman–Crippen LogP) is 2.00. The molecule has 1 aliphatic carbocycles. The number of aromatic carboxylic acids is 1. The number of aliphatic hydroxyl groups excluding tert-OH is 1. The number of ether oxygens (including phenoxy) is 2. The van der Waals surface area contributed by atoms with E-state index in [1.54, 1.807) is 13.8 Å². The van der Waals surface area contributed by atoms with Gasteiger partial charge >= 0.3 is 17.9 Å². The Morgan fingerprint density at radius 1 is 0.762 bits per heavy atom. The maximum atomic E-state index is 14.0. The monoisotopic (exact) mass is 878 g/mol. The quantitative estimate of drug-likeness (QED) is 0.0494. The van der Waals surface area contributed by atoms with Crippen LogP contribution in [-0.2, 0) is 38.2 Å². The lowest BCUT2D eigenvalue weighted by molar-refractivity contribution is -0.144. The van der Waals surface area contributed by atoms with Gasteiger partial charge in [0, 0.05) is 40.6 Å². The normalized spacial score (nSPS) is 13.5. The SMILES string of the molecule is COC(=O)CC[C@H](NC(=O)[C@H](CC(C)C)NC(=O)c1ccc(C(=O)O)c(-c2c3ccc(=O)cc-3oc3cc(O)ccc23)c1)C(=O)N[C@H](C(=O)N[C@H](CC(=O)OC)C(=O)CF)[C@H](C)O. The van der Waals surface area contributed by atoms with Crippen LogP contribution in [0.25, 0.3) is 33.4 Å². The lowest BCUT2D eigenvalue weighted by atomic mass is 9.89. The third-order valence-electron chi connectivity index (χ3n) is 9.78. The molecule has 0 unspecified atom stereocenters. The molecule has 0 bridgehead atoms. The van der Waals surface area contributed by atoms with Gasteiger partial charge in [0.1, 0.15) is 47.9 Å². The van der Waals surface area contributed by atoms with Crippen LogP contribution in [0.15, 0.2) is 63.8 Å². The number of carboxylic acid groups (broad SMARTS) is 1. The molecular weight excluding hydrogens is 831 g/mol. The molecule has 63 heavy (non-hydrogen) atoms. The van der Waals surface area contributed by atoms with Crippen molar-refractivity contribution in [3.05, 3.63) is 75.9 Å². The number of hydrogen-bond acceptors (Lipinski definition) is 14. The first kappa shape index (κ1) is 48.4. The van der Waals surface area contributed by atoms with Crippen molar-refractivity contribution in [2.75, 3.05) is 20.9 Å². The van der Waals surface area contributed by atoms with Gasteiger partial charge in [0.25, 0.3) is 5.91 Å². The number of rotatable bonds is 20. The van der Waals surface area contributed by atoms with Gasteiger partial charge in [-0.1, -0.05) is 13.8 Å². The zero-order valence-corrected chi connectivity index (χ0v) is 34.8. The summed E-state index contributed by atoms with van der Waals surface area (Å²) in [5.74, 6) is -8.77. The first-order valence-corrected chi connectivity index (χ1v) is 19.5. The van der Waals surface area contributed by atoms with Crippen molar-refractivity contribution < 1.29 is 72.0 Å². The van der Waals surface area contributed by atoms with E-state index in [2.05, 4.69) is 30.7 Å². The molecule has 7 N–H and O–H groups in total. The van der Waals surface area contributed by atoms with Crippen LogP contribution in [0.5, 0.6) is 5.75 Å². The van der Waals surface area contributed by atoms with Gasteiger partial charge in [-0.2, -0.15) is 0 Å². The highest BCUT2D eigenvalue weighted by Gasteiger charge is 2.35. The number of Topliss-reactive ketones (excluding diaryl/α,β-unsaturated/α-hetero) is 1. The van der Waals surface area contributed by atoms with Gasteiger partial charge in [-0.15, -0.1) is 0 Å². The Labute approximate surface area is 358 Å². The standard InChI is InChI=1S/C43H47FN4O15/c1-20(2)14-31(41(57)45-29(12-13-35(53)61-4)40(56)48-38(21(3)49)42(58)46-30(32(52)19-44)18-36(54)62-5)47-39(55)22-6-9-25(43(59)60)28(15-22)37-26-10-7-23(50)16-33(26)63-34-17-24(51)8-11-27(34)37/h6-11,15-17,20-21,29-31,38,49-50H,12-14,18-19H2,1-5H3,(H,45,57)(H,46,58)(H,47,55)(H,48,56)(H,59,60)/t21-,29-,30+,31-,38-/m0/s1. The van der Waals surface area contributed by atoms with Gasteiger partial charge in [0.15, 0.2) is 11.2 Å². The second-order valence-electron chi connectivity index (χ2n) is 14.9. The molecule has 2 aromatic carbocycles. The summed E-state index contributed by atoms with van der Waals surface area (Å²) in [6.45, 7) is 3.02. The van der Waals surface area contributed by atoms with Crippen molar-refractivity contribution in [2.45, 2.75) is 76.7 Å². The lowest BCUT2D eigenvalue weighted by Gasteiger charge is -2.27. The third kappa shape index (κ3) is 12.4. The lowest BCUT2D eigenvalue weighted by Crippen LogP contribution is -2.60. The van der Waals surface area contributed by atoms with Crippen molar-refractivity contribution in [2.24, 2.45) is 5.92 Å². The number of benzene rings is 3. The van der Waals surface area contributed by atoms with E-state index in [1.807, 2.05) is 0 Å². The Morgan fingerprint density at radius 2 is 1.43 bits per heavy atom. The molecule has 336 valence electrons. The molecule has 19 nitrogen and oxygen atoms in total. The number of halogens is 1. The minimum atomic E-state index is -1.84. The summed E-state index contributed by atoms with van der Waals surface area (Å²) >= 11 is 0. The molecule has 1 aliphatic heterocycles. The number of phenols is 1. The number of aromatic hydroxyl groups is 1. The minimum absolute atomic E-state index is 0.0116. The molecule has 20 heteroatoms. The first-order chi connectivity index (χ1) is 29.8. The number of alkyl halides is 1. The molecule has 0 aromatic heterocycles. The number of amides is 4. The van der Waals surface area contributed by atoms with Crippen molar-refractivity contribution in [3.8, 4) is 28.2 Å². The number of carbonyl (C=O) groups excluding carboxylic acids is 7. The van der Waals surface area contributed by atoms with Crippen LogP contribution >= 0.6 is 0 Å². The average molecular weight is 879 g/mol. The van der Waals surface area contributed by atoms with Crippen LogP contribution in [0.3, 0.4) is 0 Å². The molecule has 5 atom stereocenters. The van der Waals surface area contributed by atoms with Crippen molar-refractivity contribution >= 4 is 58.3 Å². The minimum Gasteiger partial charge on any atom is -0.508 e. The van der Waals surface area contributed by atoms with Crippen LogP contribution in [0.2, 0.25) is 0 Å². The Morgan fingerprint density at radius 3 is 2.05 bits per heavy atom. The Bertz CT molecular complexity index is 2430. The number of carbonyl (C=O) groups is 8. The highest BCUT2D eigenvalue weighted by molar-refractivity contribution is 6.09. The van der Waals surface area contributed by atoms with Crippen molar-refractivity contribution in [1.82, 2.24) is 21.3 Å². The number of esters is 2. The smallest absolute Gasteiger partial charge is 0.336 e. The van der Waals surface area contributed by atoms with Crippen LogP contribution in [0, 0.1) is 5.92 Å². The maximum absolute atomic E-state index is 14.0. The van der Waals surface area contributed by atoms with Gasteiger partial charge in [0.05, 0.1) is 32.3 Å². The number of nitrogens with one attached hydrogen (secondary N) is 4. The summed E-state index contributed by atoms with van der Waals surface area (Å²) in [7, 11) is 2.09. The molecule has 0 radical (unpaired) electrons. The fourth-order valence-corrected chi connectivity index (χ4v) is 6.59. The number of fused-ring (bicyclic) bond motifs is 2. The summed E-state index contributed by atoms with van der Waals surface area (Å²) in [6.07, 6.45) is -3.28. The molecule has 0 saturated carbocycles. The van der Waals surface area contributed by atoms with E-state index >= 15 is 0 Å². The Balaban J connectivity index is 1.67. The van der Waals surface area contributed by atoms with E-state index in [4.69, 9.17) is 4.42 Å². The zero-order valence-electron chi connectivity index (χ0n) is 34.8. The first-order valence-electron chi connectivity index (χ1n) is 19.5. The second kappa shape index (κ2) is 21.5. The molecule has 4 rings (SSSR count). The second-order valence-corrected chi connectivity index (χ2v) is 14.9. The Hall–Kier alpha value is -7.22. The average Bonchev–Trinajstić information content (AvgIpc) is 3.23. The van der Waals surface area contributed by atoms with E-state index in [1.165, 1.54) is 54.6 Å². The molecule has 2 aromatic rings. The molecular formula is C43H47FN4O15. The molecule has 0 fully saturated rings. The van der Waals surface area contributed by atoms with Crippen molar-refractivity contribution in [3.63, 3.8) is 0 Å². The van der Waals surface area contributed by atoms with E-state index in [0.717, 1.165) is 21.1 Å². The topological polar surface area (TPSA) is 294 Å². The van der Waals surface area contributed by atoms with Crippen LogP contribution < -0.4 is 26.7 Å². The molecule has 0 saturated heterocycles. The van der Waals surface area contributed by atoms with E-state index in [0.29, 0.717) is 10.9 Å². The predicted molar refractivity (Wildman–Crippen MR) is 220 cm³/mol. The van der Waals surface area contributed by atoms with Crippen LogP contribution in [-0.4, -0.2) is 114 Å². The van der Waals surface area contributed by atoms with Gasteiger partial charge < -0.3 is 50.5 Å². The van der Waals surface area contributed by atoms with Gasteiger partial charge in [0.2, 0.25) is 17.7 Å². The number of phenolic OH excluding ortho intramolecular Hbond substituents is 1. The largest absolute Gasteiger partial charge is 0.508 e. The molecule has 4 amide bonds. The highest BCUT2D eigenvalue weighted by Crippen LogP contribution is 2.42. The summed E-state index contributed by atoms with van der Waals surface area (Å²) in [4.78, 5) is 116. The number of methoxy groups -OCH3 is 2. The van der Waals surface area contributed by atoms with E-state index in [-0.39, 0.29) is 51.7 Å². The van der Waals surface area contributed by atoms with Gasteiger partial charge in [-0.3, -0.25) is 38.4 Å². The summed E-state index contributed by atoms with van der Waals surface area (Å²) in [5.41, 5.74) is -0.0734. The summed E-state index contributed by atoms with van der Waals surface area (Å²) < 4.78 is 28.3. The number of ketones is 1. The summed E-state index contributed by atoms with van der Waals surface area (Å²) in [5, 5.41) is 40.7. The zero-order chi connectivity index (χ0) is 46.7. The Kier molecular flexibility index (Phi) is 16.6. The third-order valence-corrected chi connectivity index (χ3v) is 9.78. The van der Waals surface area contributed by atoms with E-state index < -0.39 is 109 Å². The number of aliphatic hydroxyl groups is 1. The molecule has 0 spiro atoms. The fraction of sp³-hybridized carbons (Fsp3) is 0.372. The van der Waals surface area contributed by atoms with E-state index in [9.17, 15) is 62.9 Å². The van der Waals surface area contributed by atoms with Crippen molar-refractivity contribution in [1.29, 1.82) is 0 Å². The number of carboxylic acids is 1. The van der Waals surface area contributed by atoms with Crippen LogP contribution in [0.4, 0.5) is 4.39 Å².